The summed E-state index contributed by atoms with van der Waals surface area (Å²) in [5, 5.41) is 1.24. The fourth-order valence-corrected chi connectivity index (χ4v) is 3.14. The largest absolute Gasteiger partial charge is 0.367 e. The molecule has 1 aromatic carbocycles. The van der Waals surface area contributed by atoms with Crippen LogP contribution in [-0.4, -0.2) is 42.6 Å². The summed E-state index contributed by atoms with van der Waals surface area (Å²) in [5.41, 5.74) is 2.43. The smallest absolute Gasteiger partial charge is 0.0935 e. The molecule has 0 atom stereocenters. The molecule has 1 saturated heterocycles. The Labute approximate surface area is 127 Å². The Balaban J connectivity index is 1.66. The van der Waals surface area contributed by atoms with Gasteiger partial charge in [0.2, 0.25) is 0 Å². The number of rotatable bonds is 5. The van der Waals surface area contributed by atoms with E-state index in [-0.39, 0.29) is 0 Å². The molecule has 3 nitrogen and oxygen atoms in total. The van der Waals surface area contributed by atoms with Gasteiger partial charge in [0.25, 0.3) is 0 Å². The van der Waals surface area contributed by atoms with Crippen molar-refractivity contribution in [2.45, 2.75) is 26.2 Å². The van der Waals surface area contributed by atoms with Crippen LogP contribution < -0.4 is 4.90 Å². The molecule has 2 heterocycles. The van der Waals surface area contributed by atoms with Crippen molar-refractivity contribution in [2.75, 3.05) is 37.6 Å². The number of aromatic nitrogens is 1. The Bertz CT molecular complexity index is 568. The molecule has 1 fully saturated rings. The Kier molecular flexibility index (Phi) is 4.71. The lowest BCUT2D eigenvalue weighted by Gasteiger charge is -2.36. The highest BCUT2D eigenvalue weighted by molar-refractivity contribution is 5.90. The number of pyridine rings is 1. The van der Waals surface area contributed by atoms with Gasteiger partial charge in [0.1, 0.15) is 0 Å². The van der Waals surface area contributed by atoms with Gasteiger partial charge < -0.3 is 4.90 Å². The predicted octanol–water partition coefficient (Wildman–Crippen LogP) is 3.55. The van der Waals surface area contributed by atoms with E-state index in [4.69, 9.17) is 0 Å². The summed E-state index contributed by atoms with van der Waals surface area (Å²) in [6.45, 7) is 8.10. The van der Waals surface area contributed by atoms with Crippen molar-refractivity contribution in [3.63, 3.8) is 0 Å². The molecule has 0 unspecified atom stereocenters. The summed E-state index contributed by atoms with van der Waals surface area (Å²) in [7, 11) is 0. The normalized spacial score (nSPS) is 16.5. The van der Waals surface area contributed by atoms with E-state index in [1.807, 2.05) is 12.3 Å². The number of para-hydroxylation sites is 1. The van der Waals surface area contributed by atoms with E-state index < -0.39 is 0 Å². The summed E-state index contributed by atoms with van der Waals surface area (Å²) < 4.78 is 0. The van der Waals surface area contributed by atoms with Gasteiger partial charge in [-0.15, -0.1) is 0 Å². The third kappa shape index (κ3) is 3.35. The predicted molar refractivity (Wildman–Crippen MR) is 89.9 cm³/mol. The van der Waals surface area contributed by atoms with Crippen molar-refractivity contribution in [1.82, 2.24) is 9.88 Å². The van der Waals surface area contributed by atoms with E-state index in [0.717, 1.165) is 18.6 Å². The van der Waals surface area contributed by atoms with Gasteiger partial charge in [-0.05, 0) is 25.1 Å². The molecule has 0 radical (unpaired) electrons. The molecule has 0 spiro atoms. The quantitative estimate of drug-likeness (QED) is 0.782. The van der Waals surface area contributed by atoms with Crippen LogP contribution in [0.1, 0.15) is 26.2 Å². The SMILES string of the molecule is CCCCCN1CCN(c2cccc3cccnc23)CC1. The first-order valence-electron chi connectivity index (χ1n) is 8.19. The molecular weight excluding hydrogens is 258 g/mol. The highest BCUT2D eigenvalue weighted by Crippen LogP contribution is 2.25. The summed E-state index contributed by atoms with van der Waals surface area (Å²) in [5.74, 6) is 0. The highest BCUT2D eigenvalue weighted by Gasteiger charge is 2.18. The summed E-state index contributed by atoms with van der Waals surface area (Å²) >= 11 is 0. The molecule has 112 valence electrons. The topological polar surface area (TPSA) is 19.4 Å². The van der Waals surface area contributed by atoms with Crippen molar-refractivity contribution >= 4 is 16.6 Å². The van der Waals surface area contributed by atoms with E-state index in [1.54, 1.807) is 0 Å². The summed E-state index contributed by atoms with van der Waals surface area (Å²) in [4.78, 5) is 9.67. The fourth-order valence-electron chi connectivity index (χ4n) is 3.14. The number of nitrogens with zero attached hydrogens (tertiary/aromatic N) is 3. The van der Waals surface area contributed by atoms with Crippen LogP contribution in [0.2, 0.25) is 0 Å². The first-order chi connectivity index (χ1) is 10.4. The monoisotopic (exact) mass is 283 g/mol. The molecule has 2 aromatic rings. The number of fused-ring (bicyclic) bond motifs is 1. The minimum Gasteiger partial charge on any atom is -0.367 e. The van der Waals surface area contributed by atoms with Gasteiger partial charge in [-0.25, -0.2) is 0 Å². The number of anilines is 1. The minimum absolute atomic E-state index is 1.11. The van der Waals surface area contributed by atoms with Gasteiger partial charge in [-0.3, -0.25) is 9.88 Å². The van der Waals surface area contributed by atoms with Crippen LogP contribution in [0.3, 0.4) is 0 Å². The highest BCUT2D eigenvalue weighted by atomic mass is 15.3. The van der Waals surface area contributed by atoms with E-state index in [9.17, 15) is 0 Å². The van der Waals surface area contributed by atoms with E-state index in [2.05, 4.69) is 46.0 Å². The molecular formula is C18H25N3. The Hall–Kier alpha value is -1.61. The van der Waals surface area contributed by atoms with Crippen LogP contribution in [0, 0.1) is 0 Å². The molecule has 21 heavy (non-hydrogen) atoms. The molecule has 0 bridgehead atoms. The zero-order chi connectivity index (χ0) is 14.5. The molecule has 3 heteroatoms. The first kappa shape index (κ1) is 14.3. The van der Waals surface area contributed by atoms with Gasteiger partial charge in [0.05, 0.1) is 11.2 Å². The summed E-state index contributed by atoms with van der Waals surface area (Å²) in [6, 6.07) is 10.7. The van der Waals surface area contributed by atoms with Crippen LogP contribution >= 0.6 is 0 Å². The van der Waals surface area contributed by atoms with Gasteiger partial charge in [-0.2, -0.15) is 0 Å². The molecule has 1 aliphatic heterocycles. The van der Waals surface area contributed by atoms with E-state index >= 15 is 0 Å². The van der Waals surface area contributed by atoms with Gasteiger partial charge in [0, 0.05) is 37.8 Å². The second kappa shape index (κ2) is 6.90. The number of hydrogen-bond acceptors (Lipinski definition) is 3. The second-order valence-electron chi connectivity index (χ2n) is 5.89. The van der Waals surface area contributed by atoms with E-state index in [0.29, 0.717) is 0 Å². The number of benzene rings is 1. The molecule has 3 rings (SSSR count). The number of unbranched alkanes of at least 4 members (excludes halogenated alkanes) is 2. The average Bonchev–Trinajstić information content (AvgIpc) is 2.55. The lowest BCUT2D eigenvalue weighted by Crippen LogP contribution is -2.46. The molecule has 0 N–H and O–H groups in total. The third-order valence-corrected chi connectivity index (χ3v) is 4.40. The van der Waals surface area contributed by atoms with Gasteiger partial charge in [-0.1, -0.05) is 38.0 Å². The fraction of sp³-hybridized carbons (Fsp3) is 0.500. The Morgan fingerprint density at radius 1 is 1.00 bits per heavy atom. The Morgan fingerprint density at radius 3 is 2.62 bits per heavy atom. The maximum absolute atomic E-state index is 4.58. The maximum atomic E-state index is 4.58. The molecule has 1 aliphatic rings. The van der Waals surface area contributed by atoms with Crippen LogP contribution in [0.15, 0.2) is 36.5 Å². The van der Waals surface area contributed by atoms with Gasteiger partial charge >= 0.3 is 0 Å². The van der Waals surface area contributed by atoms with Crippen molar-refractivity contribution in [2.24, 2.45) is 0 Å². The minimum atomic E-state index is 1.11. The van der Waals surface area contributed by atoms with Crippen molar-refractivity contribution in [1.29, 1.82) is 0 Å². The molecule has 0 saturated carbocycles. The third-order valence-electron chi connectivity index (χ3n) is 4.40. The average molecular weight is 283 g/mol. The number of piperazine rings is 1. The van der Waals surface area contributed by atoms with Crippen LogP contribution in [0.5, 0.6) is 0 Å². The first-order valence-corrected chi connectivity index (χ1v) is 8.19. The van der Waals surface area contributed by atoms with Crippen LogP contribution in [0.25, 0.3) is 10.9 Å². The molecule has 0 aliphatic carbocycles. The zero-order valence-electron chi connectivity index (χ0n) is 13.0. The van der Waals surface area contributed by atoms with Crippen molar-refractivity contribution < 1.29 is 0 Å². The Morgan fingerprint density at radius 2 is 1.81 bits per heavy atom. The lowest BCUT2D eigenvalue weighted by atomic mass is 10.1. The molecule has 0 amide bonds. The lowest BCUT2D eigenvalue weighted by molar-refractivity contribution is 0.253. The standard InChI is InChI=1S/C18H25N3/c1-2-3-4-11-20-12-14-21(15-13-20)17-9-5-7-16-8-6-10-19-18(16)17/h5-10H,2-4,11-15H2,1H3. The van der Waals surface area contributed by atoms with Crippen LogP contribution in [-0.2, 0) is 0 Å². The van der Waals surface area contributed by atoms with E-state index in [1.165, 1.54) is 50.0 Å². The summed E-state index contributed by atoms with van der Waals surface area (Å²) in [6.07, 6.45) is 5.90. The van der Waals surface area contributed by atoms with Crippen LogP contribution in [0.4, 0.5) is 5.69 Å². The zero-order valence-corrected chi connectivity index (χ0v) is 13.0. The van der Waals surface area contributed by atoms with Crippen molar-refractivity contribution in [3.8, 4) is 0 Å². The second-order valence-corrected chi connectivity index (χ2v) is 5.89. The molecule has 1 aromatic heterocycles. The maximum Gasteiger partial charge on any atom is 0.0935 e. The van der Waals surface area contributed by atoms with Crippen molar-refractivity contribution in [3.05, 3.63) is 36.5 Å². The van der Waals surface area contributed by atoms with Gasteiger partial charge in [0.15, 0.2) is 0 Å². The number of hydrogen-bond donors (Lipinski definition) is 0.